The largest absolute Gasteiger partial charge is 0.427 e. The number of non-ortho nitro benzene ring substituents is 1. The summed E-state index contributed by atoms with van der Waals surface area (Å²) in [4.78, 5) is 10.1. The van der Waals surface area contributed by atoms with Crippen LogP contribution in [-0.4, -0.2) is 11.8 Å². The topological polar surface area (TPSA) is 52.4 Å². The van der Waals surface area contributed by atoms with E-state index in [0.29, 0.717) is 6.61 Å². The molecule has 1 aliphatic rings. The Labute approximate surface area is 75.8 Å². The van der Waals surface area contributed by atoms with E-state index in [1.165, 1.54) is 6.07 Å². The Morgan fingerprint density at radius 2 is 2.38 bits per heavy atom. The molecule has 0 N–H and O–H groups in total. The van der Waals surface area contributed by atoms with Crippen LogP contribution in [0.1, 0.15) is 5.56 Å². The second-order valence-electron chi connectivity index (χ2n) is 3.09. The zero-order chi connectivity index (χ0) is 9.42. The molecule has 0 saturated heterocycles. The molecule has 0 radical (unpaired) electrons. The van der Waals surface area contributed by atoms with Crippen molar-refractivity contribution in [3.63, 3.8) is 0 Å². The first-order chi connectivity index (χ1) is 6.18. The van der Waals surface area contributed by atoms with Gasteiger partial charge in [0, 0.05) is 12.1 Å². The average molecular weight is 177 g/mol. The van der Waals surface area contributed by atoms with E-state index >= 15 is 0 Å². The van der Waals surface area contributed by atoms with Gasteiger partial charge in [-0.3, -0.25) is 10.1 Å². The molecule has 0 aromatic heterocycles. The van der Waals surface area contributed by atoms with E-state index in [2.05, 4.69) is 0 Å². The SMILES string of the molecule is CB1OCc2ccc([N+](=O)[O-])cc21. The maximum Gasteiger partial charge on any atom is 0.324 e. The second-order valence-corrected chi connectivity index (χ2v) is 3.09. The van der Waals surface area contributed by atoms with Gasteiger partial charge in [-0.15, -0.1) is 0 Å². The van der Waals surface area contributed by atoms with Crippen LogP contribution in [-0.2, 0) is 11.3 Å². The lowest BCUT2D eigenvalue weighted by molar-refractivity contribution is -0.384. The number of nitro groups is 1. The van der Waals surface area contributed by atoms with Crippen LogP contribution in [0.3, 0.4) is 0 Å². The molecule has 1 heterocycles. The Kier molecular flexibility index (Phi) is 1.81. The molecule has 1 aromatic rings. The fourth-order valence-corrected chi connectivity index (χ4v) is 1.51. The minimum Gasteiger partial charge on any atom is -0.427 e. The molecule has 4 nitrogen and oxygen atoms in total. The number of rotatable bonds is 1. The smallest absolute Gasteiger partial charge is 0.324 e. The third-order valence-corrected chi connectivity index (χ3v) is 2.27. The molecule has 0 amide bonds. The van der Waals surface area contributed by atoms with Gasteiger partial charge in [0.05, 0.1) is 11.5 Å². The van der Waals surface area contributed by atoms with E-state index in [1.54, 1.807) is 12.1 Å². The lowest BCUT2D eigenvalue weighted by atomic mass is 9.64. The van der Waals surface area contributed by atoms with Crippen LogP contribution in [0.25, 0.3) is 0 Å². The number of fused-ring (bicyclic) bond motifs is 1. The highest BCUT2D eigenvalue weighted by Crippen LogP contribution is 2.16. The van der Waals surface area contributed by atoms with Gasteiger partial charge in [0.2, 0.25) is 0 Å². The van der Waals surface area contributed by atoms with Gasteiger partial charge in [-0.2, -0.15) is 0 Å². The van der Waals surface area contributed by atoms with Crippen molar-refractivity contribution in [3.8, 4) is 0 Å². The Bertz CT molecular complexity index is 366. The number of hydrogen-bond acceptors (Lipinski definition) is 3. The third-order valence-electron chi connectivity index (χ3n) is 2.27. The first-order valence-electron chi connectivity index (χ1n) is 4.07. The molecule has 13 heavy (non-hydrogen) atoms. The molecule has 0 aliphatic carbocycles. The molecule has 1 aliphatic heterocycles. The van der Waals surface area contributed by atoms with Crippen LogP contribution in [0, 0.1) is 10.1 Å². The van der Waals surface area contributed by atoms with Crippen molar-refractivity contribution in [3.05, 3.63) is 33.9 Å². The maximum absolute atomic E-state index is 10.5. The van der Waals surface area contributed by atoms with Crippen molar-refractivity contribution < 1.29 is 9.58 Å². The number of nitrogens with zero attached hydrogens (tertiary/aromatic N) is 1. The second kappa shape index (κ2) is 2.85. The van der Waals surface area contributed by atoms with E-state index in [9.17, 15) is 10.1 Å². The molecule has 0 unspecified atom stereocenters. The van der Waals surface area contributed by atoms with E-state index in [1.807, 2.05) is 6.82 Å². The molecule has 0 bridgehead atoms. The third kappa shape index (κ3) is 1.31. The van der Waals surface area contributed by atoms with Gasteiger partial charge in [0.15, 0.2) is 0 Å². The minimum atomic E-state index is -0.384. The van der Waals surface area contributed by atoms with E-state index in [0.717, 1.165) is 11.0 Å². The van der Waals surface area contributed by atoms with Gasteiger partial charge in [-0.1, -0.05) is 12.9 Å². The van der Waals surface area contributed by atoms with Crippen molar-refractivity contribution in [1.29, 1.82) is 0 Å². The first kappa shape index (κ1) is 8.25. The number of hydrogen-bond donors (Lipinski definition) is 0. The summed E-state index contributed by atoms with van der Waals surface area (Å²) in [6.45, 7) is 2.44. The predicted molar refractivity (Wildman–Crippen MR) is 49.1 cm³/mol. The van der Waals surface area contributed by atoms with Crippen molar-refractivity contribution >= 4 is 18.1 Å². The summed E-state index contributed by atoms with van der Waals surface area (Å²) < 4.78 is 5.34. The lowest BCUT2D eigenvalue weighted by Gasteiger charge is -1.98. The highest BCUT2D eigenvalue weighted by molar-refractivity contribution is 6.67. The summed E-state index contributed by atoms with van der Waals surface area (Å²) in [6.07, 6.45) is 0. The lowest BCUT2D eigenvalue weighted by Crippen LogP contribution is -2.24. The Morgan fingerprint density at radius 1 is 1.62 bits per heavy atom. The molecule has 1 aromatic carbocycles. The molecule has 66 valence electrons. The van der Waals surface area contributed by atoms with E-state index < -0.39 is 0 Å². The van der Waals surface area contributed by atoms with Gasteiger partial charge in [0.1, 0.15) is 0 Å². The van der Waals surface area contributed by atoms with Gasteiger partial charge in [-0.25, -0.2) is 0 Å². The maximum atomic E-state index is 10.5. The van der Waals surface area contributed by atoms with Gasteiger partial charge >= 0.3 is 6.92 Å². The van der Waals surface area contributed by atoms with Crippen LogP contribution in [0.5, 0.6) is 0 Å². The summed E-state index contributed by atoms with van der Waals surface area (Å²) in [5.74, 6) is 0. The minimum absolute atomic E-state index is 0.0186. The zero-order valence-corrected chi connectivity index (χ0v) is 7.19. The summed E-state index contributed by atoms with van der Waals surface area (Å²) in [5, 5.41) is 10.5. The number of benzene rings is 1. The molecule has 5 heteroatoms. The molecule has 0 spiro atoms. The van der Waals surface area contributed by atoms with Gasteiger partial charge in [-0.05, 0) is 11.0 Å². The summed E-state index contributed by atoms with van der Waals surface area (Å²) in [7, 11) is 0. The van der Waals surface area contributed by atoms with E-state index in [4.69, 9.17) is 4.65 Å². The Balaban J connectivity index is 2.47. The molecule has 0 fully saturated rings. The average Bonchev–Trinajstić information content (AvgIpc) is 2.47. The summed E-state index contributed by atoms with van der Waals surface area (Å²) in [5.41, 5.74) is 2.13. The van der Waals surface area contributed by atoms with Gasteiger partial charge in [0.25, 0.3) is 5.69 Å². The first-order valence-corrected chi connectivity index (χ1v) is 4.07. The van der Waals surface area contributed by atoms with Crippen molar-refractivity contribution in [2.45, 2.75) is 13.4 Å². The van der Waals surface area contributed by atoms with Gasteiger partial charge < -0.3 is 4.65 Å². The van der Waals surface area contributed by atoms with Crippen LogP contribution in [0.4, 0.5) is 5.69 Å². The summed E-state index contributed by atoms with van der Waals surface area (Å²) in [6, 6.07) is 4.87. The van der Waals surface area contributed by atoms with Crippen LogP contribution < -0.4 is 5.46 Å². The molecule has 0 saturated carbocycles. The Hall–Kier alpha value is -1.36. The van der Waals surface area contributed by atoms with Crippen molar-refractivity contribution in [2.24, 2.45) is 0 Å². The monoisotopic (exact) mass is 177 g/mol. The highest BCUT2D eigenvalue weighted by Gasteiger charge is 2.25. The fraction of sp³-hybridized carbons (Fsp3) is 0.250. The van der Waals surface area contributed by atoms with Crippen LogP contribution in [0.15, 0.2) is 18.2 Å². The molecule has 2 rings (SSSR count). The molecular weight excluding hydrogens is 169 g/mol. The highest BCUT2D eigenvalue weighted by atomic mass is 16.6. The molecular formula is C8H8BNO3. The molecule has 0 atom stereocenters. The zero-order valence-electron chi connectivity index (χ0n) is 7.19. The summed E-state index contributed by atoms with van der Waals surface area (Å²) >= 11 is 0. The Morgan fingerprint density at radius 3 is 3.08 bits per heavy atom. The van der Waals surface area contributed by atoms with E-state index in [-0.39, 0.29) is 17.5 Å². The quantitative estimate of drug-likeness (QED) is 0.364. The van der Waals surface area contributed by atoms with Crippen LogP contribution >= 0.6 is 0 Å². The normalized spacial score (nSPS) is 14.4. The number of nitro benzene ring substituents is 1. The van der Waals surface area contributed by atoms with Crippen LogP contribution in [0.2, 0.25) is 6.82 Å². The van der Waals surface area contributed by atoms with Crippen molar-refractivity contribution in [2.75, 3.05) is 0 Å². The fourth-order valence-electron chi connectivity index (χ4n) is 1.51. The predicted octanol–water partition coefficient (Wildman–Crippen LogP) is 0.953. The van der Waals surface area contributed by atoms with Crippen molar-refractivity contribution in [1.82, 2.24) is 0 Å². The standard InChI is InChI=1S/C8H8BNO3/c1-9-8-4-7(10(11)12)3-2-6(8)5-13-9/h2-4H,5H2,1H3.